The molecule has 0 spiro atoms. The second-order valence-electron chi connectivity index (χ2n) is 3.67. The largest absolute Gasteiger partial charge is 0.395 e. The first-order valence-electron chi connectivity index (χ1n) is 5.60. The summed E-state index contributed by atoms with van der Waals surface area (Å²) < 4.78 is 24.9. The highest BCUT2D eigenvalue weighted by atomic mass is 32.2. The highest BCUT2D eigenvalue weighted by Gasteiger charge is 2.21. The van der Waals surface area contributed by atoms with Gasteiger partial charge in [0.2, 0.25) is 10.0 Å². The normalized spacial score (nSPS) is 12.7. The van der Waals surface area contributed by atoms with Crippen molar-refractivity contribution in [1.82, 2.24) is 4.31 Å². The average Bonchev–Trinajstić information content (AvgIpc) is 2.19. The van der Waals surface area contributed by atoms with E-state index in [1.54, 1.807) is 0 Å². The summed E-state index contributed by atoms with van der Waals surface area (Å²) in [5.41, 5.74) is 0. The van der Waals surface area contributed by atoms with Gasteiger partial charge in [-0.25, -0.2) is 12.7 Å². The lowest BCUT2D eigenvalue weighted by molar-refractivity contribution is 0.306. The number of nitrogens with zero attached hydrogens (tertiary/aromatic N) is 1. The molecule has 0 rings (SSSR count). The van der Waals surface area contributed by atoms with Crippen LogP contribution in [0.15, 0.2) is 0 Å². The molecule has 0 aliphatic rings. The lowest BCUT2D eigenvalue weighted by Crippen LogP contribution is -2.37. The molecule has 0 aliphatic heterocycles. The number of hydrogen-bond acceptors (Lipinski definition) is 3. The molecule has 0 saturated heterocycles. The topological polar surface area (TPSA) is 57.6 Å². The van der Waals surface area contributed by atoms with Gasteiger partial charge in [-0.1, -0.05) is 33.6 Å². The monoisotopic (exact) mass is 237 g/mol. The standard InChI is InChI=1S/C10H23NO3S/c1-4-10(5-2)9-11(6-3)15(13,14)8-7-12/h10,12H,4-9H2,1-3H3. The van der Waals surface area contributed by atoms with Crippen LogP contribution in [0.4, 0.5) is 0 Å². The van der Waals surface area contributed by atoms with Crippen LogP contribution >= 0.6 is 0 Å². The molecule has 0 unspecified atom stereocenters. The number of rotatable bonds is 8. The molecule has 0 amide bonds. The van der Waals surface area contributed by atoms with Crippen molar-refractivity contribution in [3.8, 4) is 0 Å². The molecular weight excluding hydrogens is 214 g/mol. The third kappa shape index (κ3) is 4.95. The minimum Gasteiger partial charge on any atom is -0.395 e. The van der Waals surface area contributed by atoms with Crippen LogP contribution in [0.25, 0.3) is 0 Å². The Balaban J connectivity index is 4.48. The van der Waals surface area contributed by atoms with Gasteiger partial charge in [0.25, 0.3) is 0 Å². The fourth-order valence-corrected chi connectivity index (χ4v) is 2.84. The molecule has 92 valence electrons. The fourth-order valence-electron chi connectivity index (χ4n) is 1.52. The van der Waals surface area contributed by atoms with Gasteiger partial charge in [-0.15, -0.1) is 0 Å². The van der Waals surface area contributed by atoms with Gasteiger partial charge in [0.05, 0.1) is 12.4 Å². The molecule has 0 radical (unpaired) electrons. The van der Waals surface area contributed by atoms with E-state index in [-0.39, 0.29) is 12.4 Å². The highest BCUT2D eigenvalue weighted by molar-refractivity contribution is 7.89. The van der Waals surface area contributed by atoms with E-state index < -0.39 is 10.0 Å². The molecule has 0 aromatic rings. The van der Waals surface area contributed by atoms with Crippen LogP contribution in [0.3, 0.4) is 0 Å². The summed E-state index contributed by atoms with van der Waals surface area (Å²) in [6.45, 7) is 6.73. The number of hydrogen-bond donors (Lipinski definition) is 1. The van der Waals surface area contributed by atoms with E-state index in [1.807, 2.05) is 6.92 Å². The van der Waals surface area contributed by atoms with Crippen LogP contribution in [0, 0.1) is 5.92 Å². The average molecular weight is 237 g/mol. The Morgan fingerprint density at radius 3 is 2.07 bits per heavy atom. The molecule has 4 nitrogen and oxygen atoms in total. The first kappa shape index (κ1) is 14.9. The number of sulfonamides is 1. The quantitative estimate of drug-likeness (QED) is 0.687. The molecule has 0 bridgehead atoms. The molecule has 0 aromatic heterocycles. The fraction of sp³-hybridized carbons (Fsp3) is 1.00. The maximum atomic E-state index is 11.7. The van der Waals surface area contributed by atoms with Gasteiger partial charge in [-0.3, -0.25) is 0 Å². The third-order valence-corrected chi connectivity index (χ3v) is 4.60. The van der Waals surface area contributed by atoms with Crippen molar-refractivity contribution in [1.29, 1.82) is 0 Å². The lowest BCUT2D eigenvalue weighted by Gasteiger charge is -2.24. The summed E-state index contributed by atoms with van der Waals surface area (Å²) in [6.07, 6.45) is 1.98. The van der Waals surface area contributed by atoms with Gasteiger partial charge in [-0.05, 0) is 5.92 Å². The Hall–Kier alpha value is -0.130. The van der Waals surface area contributed by atoms with Crippen molar-refractivity contribution >= 4 is 10.0 Å². The predicted molar refractivity (Wildman–Crippen MR) is 62.2 cm³/mol. The van der Waals surface area contributed by atoms with Gasteiger partial charge in [0, 0.05) is 13.1 Å². The summed E-state index contributed by atoms with van der Waals surface area (Å²) in [7, 11) is -3.25. The van der Waals surface area contributed by atoms with E-state index in [1.165, 1.54) is 4.31 Å². The molecule has 0 atom stereocenters. The van der Waals surface area contributed by atoms with E-state index in [0.29, 0.717) is 19.0 Å². The van der Waals surface area contributed by atoms with Gasteiger partial charge in [0.15, 0.2) is 0 Å². The van der Waals surface area contributed by atoms with Crippen molar-refractivity contribution in [3.05, 3.63) is 0 Å². The molecule has 0 fully saturated rings. The van der Waals surface area contributed by atoms with Crippen molar-refractivity contribution in [2.24, 2.45) is 5.92 Å². The summed E-state index contributed by atoms with van der Waals surface area (Å²) in [6, 6.07) is 0. The van der Waals surface area contributed by atoms with E-state index in [0.717, 1.165) is 12.8 Å². The predicted octanol–water partition coefficient (Wildman–Crippen LogP) is 1.07. The minimum absolute atomic E-state index is 0.166. The van der Waals surface area contributed by atoms with Crippen LogP contribution < -0.4 is 0 Å². The van der Waals surface area contributed by atoms with Crippen LogP contribution in [-0.4, -0.2) is 43.3 Å². The molecule has 5 heteroatoms. The van der Waals surface area contributed by atoms with Crippen molar-refractivity contribution < 1.29 is 13.5 Å². The summed E-state index contributed by atoms with van der Waals surface area (Å²) in [4.78, 5) is 0. The molecule has 0 aromatic carbocycles. The molecule has 0 saturated carbocycles. The zero-order valence-electron chi connectivity index (χ0n) is 9.94. The van der Waals surface area contributed by atoms with Crippen LogP contribution in [0.2, 0.25) is 0 Å². The Bertz CT molecular complexity index is 247. The Morgan fingerprint density at radius 1 is 1.20 bits per heavy atom. The molecular formula is C10H23NO3S. The number of aliphatic hydroxyl groups is 1. The van der Waals surface area contributed by atoms with Gasteiger partial charge >= 0.3 is 0 Å². The van der Waals surface area contributed by atoms with Gasteiger partial charge in [-0.2, -0.15) is 0 Å². The molecule has 15 heavy (non-hydrogen) atoms. The molecule has 0 heterocycles. The Labute approximate surface area is 93.3 Å². The van der Waals surface area contributed by atoms with Crippen LogP contribution in [-0.2, 0) is 10.0 Å². The van der Waals surface area contributed by atoms with Crippen molar-refractivity contribution in [2.75, 3.05) is 25.4 Å². The third-order valence-electron chi connectivity index (χ3n) is 2.71. The van der Waals surface area contributed by atoms with Crippen LogP contribution in [0.1, 0.15) is 33.6 Å². The second-order valence-corrected chi connectivity index (χ2v) is 5.76. The van der Waals surface area contributed by atoms with E-state index in [2.05, 4.69) is 13.8 Å². The maximum Gasteiger partial charge on any atom is 0.216 e. The SMILES string of the molecule is CCC(CC)CN(CC)S(=O)(=O)CCO. The van der Waals surface area contributed by atoms with Crippen molar-refractivity contribution in [3.63, 3.8) is 0 Å². The van der Waals surface area contributed by atoms with E-state index >= 15 is 0 Å². The first-order valence-corrected chi connectivity index (χ1v) is 7.21. The summed E-state index contributed by atoms with van der Waals surface area (Å²) >= 11 is 0. The van der Waals surface area contributed by atoms with Crippen LogP contribution in [0.5, 0.6) is 0 Å². The molecule has 0 aliphatic carbocycles. The second kappa shape index (κ2) is 7.19. The minimum atomic E-state index is -3.25. The zero-order chi connectivity index (χ0) is 11.9. The summed E-state index contributed by atoms with van der Waals surface area (Å²) in [5.74, 6) is 0.250. The lowest BCUT2D eigenvalue weighted by atomic mass is 10.0. The summed E-state index contributed by atoms with van der Waals surface area (Å²) in [5, 5.41) is 8.69. The zero-order valence-corrected chi connectivity index (χ0v) is 10.8. The van der Waals surface area contributed by atoms with E-state index in [4.69, 9.17) is 5.11 Å². The number of aliphatic hydroxyl groups excluding tert-OH is 1. The first-order chi connectivity index (χ1) is 7.01. The highest BCUT2D eigenvalue weighted by Crippen LogP contribution is 2.12. The maximum absolute atomic E-state index is 11.7. The van der Waals surface area contributed by atoms with Gasteiger partial charge in [0.1, 0.15) is 0 Å². The molecule has 1 N–H and O–H groups in total. The Kier molecular flexibility index (Phi) is 7.13. The van der Waals surface area contributed by atoms with Gasteiger partial charge < -0.3 is 5.11 Å². The van der Waals surface area contributed by atoms with E-state index in [9.17, 15) is 8.42 Å². The van der Waals surface area contributed by atoms with Crippen molar-refractivity contribution in [2.45, 2.75) is 33.6 Å². The smallest absolute Gasteiger partial charge is 0.216 e. The Morgan fingerprint density at radius 2 is 1.73 bits per heavy atom.